The average Bonchev–Trinajstić information content (AvgIpc) is 3.30. The lowest BCUT2D eigenvalue weighted by Gasteiger charge is -2.20. The molecule has 0 saturated carbocycles. The van der Waals surface area contributed by atoms with Gasteiger partial charge >= 0.3 is 0 Å². The topological polar surface area (TPSA) is 17.8 Å². The van der Waals surface area contributed by atoms with Gasteiger partial charge in [-0.05, 0) is 86.0 Å². The molecule has 0 N–H and O–H groups in total. The molecule has 210 valence electrons. The summed E-state index contributed by atoms with van der Waals surface area (Å²) in [6.45, 7) is 2.17. The molecular formula is C42H32N2. The molecule has 0 saturated heterocycles. The predicted octanol–water partition coefficient (Wildman–Crippen LogP) is 11.2. The van der Waals surface area contributed by atoms with Gasteiger partial charge in [0, 0.05) is 12.1 Å². The van der Waals surface area contributed by atoms with Crippen LogP contribution in [-0.2, 0) is 6.42 Å². The number of hydrogen-bond acceptors (Lipinski definition) is 1. The van der Waals surface area contributed by atoms with Gasteiger partial charge in [0.1, 0.15) is 5.82 Å². The number of fused-ring (bicyclic) bond motifs is 3. The first-order chi connectivity index (χ1) is 21.8. The highest BCUT2D eigenvalue weighted by atomic mass is 15.1. The Hall–Kier alpha value is -5.47. The Morgan fingerprint density at radius 2 is 1.07 bits per heavy atom. The van der Waals surface area contributed by atoms with Gasteiger partial charge in [0.2, 0.25) is 0 Å². The molecule has 7 aromatic rings. The van der Waals surface area contributed by atoms with Crippen LogP contribution in [0.2, 0.25) is 0 Å². The van der Waals surface area contributed by atoms with Gasteiger partial charge in [-0.3, -0.25) is 4.57 Å². The monoisotopic (exact) mass is 564 g/mol. The van der Waals surface area contributed by atoms with Gasteiger partial charge in [-0.1, -0.05) is 134 Å². The SMILES string of the molecule is CCc1nc2ccccc2n1-c1ccc(-c2c3c(c(-c4ccc(-c5ccccc5)cc4)c4ccccc24)C=CCC=C3)cc1. The van der Waals surface area contributed by atoms with Gasteiger partial charge in [-0.25, -0.2) is 4.98 Å². The van der Waals surface area contributed by atoms with E-state index in [1.165, 1.54) is 55.3 Å². The highest BCUT2D eigenvalue weighted by molar-refractivity contribution is 6.12. The Balaban J connectivity index is 1.31. The smallest absolute Gasteiger partial charge is 0.114 e. The molecule has 0 radical (unpaired) electrons. The molecule has 0 bridgehead atoms. The Morgan fingerprint density at radius 1 is 0.545 bits per heavy atom. The van der Waals surface area contributed by atoms with Crippen LogP contribution >= 0.6 is 0 Å². The maximum absolute atomic E-state index is 4.90. The van der Waals surface area contributed by atoms with Gasteiger partial charge in [-0.2, -0.15) is 0 Å². The maximum Gasteiger partial charge on any atom is 0.114 e. The highest BCUT2D eigenvalue weighted by Crippen LogP contribution is 2.44. The second-order valence-corrected chi connectivity index (χ2v) is 11.4. The summed E-state index contributed by atoms with van der Waals surface area (Å²) in [5.74, 6) is 1.08. The normalized spacial score (nSPS) is 12.5. The molecule has 0 aliphatic heterocycles. The van der Waals surface area contributed by atoms with Gasteiger partial charge in [0.05, 0.1) is 11.0 Å². The van der Waals surface area contributed by atoms with Crippen LogP contribution in [0.1, 0.15) is 30.3 Å². The molecule has 44 heavy (non-hydrogen) atoms. The number of hydrogen-bond donors (Lipinski definition) is 0. The van der Waals surface area contributed by atoms with Gasteiger partial charge < -0.3 is 0 Å². The Bertz CT molecular complexity index is 2200. The first kappa shape index (κ1) is 26.2. The van der Waals surface area contributed by atoms with E-state index in [9.17, 15) is 0 Å². The minimum Gasteiger partial charge on any atom is -0.296 e. The maximum atomic E-state index is 4.90. The van der Waals surface area contributed by atoms with E-state index in [1.54, 1.807) is 0 Å². The zero-order valence-corrected chi connectivity index (χ0v) is 24.7. The van der Waals surface area contributed by atoms with Crippen LogP contribution in [0, 0.1) is 0 Å². The number of para-hydroxylation sites is 2. The van der Waals surface area contributed by atoms with E-state index in [1.807, 2.05) is 0 Å². The van der Waals surface area contributed by atoms with Crippen LogP contribution < -0.4 is 0 Å². The third-order valence-electron chi connectivity index (χ3n) is 8.78. The standard InChI is InChI=1S/C42H32N2/c1-2-40-43-38-19-11-12-20-39(38)44(40)33-27-25-32(26-28-33)42-35-16-8-4-7-15-34(35)41(36-17-9-10-18-37(36)42)31-23-21-30(22-24-31)29-13-5-3-6-14-29/h3,5-28H,2,4H2,1H3. The number of nitrogens with zero attached hydrogens (tertiary/aromatic N) is 2. The summed E-state index contributed by atoms with van der Waals surface area (Å²) >= 11 is 0. The number of benzene rings is 6. The van der Waals surface area contributed by atoms with Crippen LogP contribution in [-0.4, -0.2) is 9.55 Å². The van der Waals surface area contributed by atoms with Gasteiger partial charge in [0.25, 0.3) is 0 Å². The minimum atomic E-state index is 0.875. The van der Waals surface area contributed by atoms with E-state index < -0.39 is 0 Å². The fraction of sp³-hybridized carbons (Fsp3) is 0.0714. The molecule has 1 aliphatic rings. The Morgan fingerprint density at radius 3 is 1.70 bits per heavy atom. The van der Waals surface area contributed by atoms with Crippen molar-refractivity contribution in [2.24, 2.45) is 0 Å². The van der Waals surface area contributed by atoms with Crippen LogP contribution in [0.15, 0.2) is 140 Å². The van der Waals surface area contributed by atoms with Crippen molar-refractivity contribution in [3.8, 4) is 39.1 Å². The Kier molecular flexibility index (Phi) is 6.53. The molecule has 2 heteroatoms. The summed E-state index contributed by atoms with van der Waals surface area (Å²) in [5.41, 5.74) is 13.4. The number of allylic oxidation sites excluding steroid dienone is 2. The van der Waals surface area contributed by atoms with Crippen LogP contribution in [0.4, 0.5) is 0 Å². The van der Waals surface area contributed by atoms with E-state index >= 15 is 0 Å². The number of aromatic nitrogens is 2. The van der Waals surface area contributed by atoms with Crippen molar-refractivity contribution < 1.29 is 0 Å². The first-order valence-corrected chi connectivity index (χ1v) is 15.4. The first-order valence-electron chi connectivity index (χ1n) is 15.4. The molecule has 1 aliphatic carbocycles. The average molecular weight is 565 g/mol. The third-order valence-corrected chi connectivity index (χ3v) is 8.78. The van der Waals surface area contributed by atoms with Crippen molar-refractivity contribution in [3.63, 3.8) is 0 Å². The largest absolute Gasteiger partial charge is 0.296 e. The van der Waals surface area contributed by atoms with Crippen molar-refractivity contribution in [1.29, 1.82) is 0 Å². The van der Waals surface area contributed by atoms with Crippen molar-refractivity contribution in [1.82, 2.24) is 9.55 Å². The number of imidazole rings is 1. The highest BCUT2D eigenvalue weighted by Gasteiger charge is 2.20. The second kappa shape index (κ2) is 11.0. The van der Waals surface area contributed by atoms with Crippen LogP contribution in [0.25, 0.3) is 73.0 Å². The summed E-state index contributed by atoms with van der Waals surface area (Å²) in [5, 5.41) is 2.54. The number of aryl methyl sites for hydroxylation is 1. The molecular weight excluding hydrogens is 532 g/mol. The Labute approximate surface area is 258 Å². The van der Waals surface area contributed by atoms with E-state index in [0.29, 0.717) is 0 Å². The second-order valence-electron chi connectivity index (χ2n) is 11.4. The van der Waals surface area contributed by atoms with Gasteiger partial charge in [-0.15, -0.1) is 0 Å². The number of rotatable bonds is 5. The quantitative estimate of drug-likeness (QED) is 0.203. The minimum absolute atomic E-state index is 0.875. The molecule has 1 heterocycles. The van der Waals surface area contributed by atoms with Crippen LogP contribution in [0.5, 0.6) is 0 Å². The van der Waals surface area contributed by atoms with Gasteiger partial charge in [0.15, 0.2) is 0 Å². The molecule has 6 aromatic carbocycles. The van der Waals surface area contributed by atoms with Crippen molar-refractivity contribution in [2.45, 2.75) is 19.8 Å². The summed E-state index contributed by atoms with van der Waals surface area (Å²) in [4.78, 5) is 4.90. The summed E-state index contributed by atoms with van der Waals surface area (Å²) < 4.78 is 2.29. The molecule has 2 nitrogen and oxygen atoms in total. The third kappa shape index (κ3) is 4.39. The lowest BCUT2D eigenvalue weighted by Crippen LogP contribution is -2.00. The molecule has 0 fully saturated rings. The molecule has 0 spiro atoms. The van der Waals surface area contributed by atoms with E-state index in [2.05, 4.69) is 163 Å². The molecule has 0 unspecified atom stereocenters. The van der Waals surface area contributed by atoms with Crippen molar-refractivity contribution in [3.05, 3.63) is 156 Å². The van der Waals surface area contributed by atoms with Crippen molar-refractivity contribution in [2.75, 3.05) is 0 Å². The van der Waals surface area contributed by atoms with E-state index in [-0.39, 0.29) is 0 Å². The fourth-order valence-electron chi connectivity index (χ4n) is 6.74. The molecule has 1 aromatic heterocycles. The fourth-order valence-corrected chi connectivity index (χ4v) is 6.74. The molecule has 0 atom stereocenters. The summed E-state index contributed by atoms with van der Waals surface area (Å²) in [6.07, 6.45) is 11.0. The predicted molar refractivity (Wildman–Crippen MR) is 187 cm³/mol. The van der Waals surface area contributed by atoms with Crippen LogP contribution in [0.3, 0.4) is 0 Å². The zero-order valence-electron chi connectivity index (χ0n) is 24.7. The molecule has 8 rings (SSSR count). The zero-order chi connectivity index (χ0) is 29.5. The molecule has 0 amide bonds. The van der Waals surface area contributed by atoms with E-state index in [0.717, 1.165) is 35.4 Å². The summed E-state index contributed by atoms with van der Waals surface area (Å²) in [7, 11) is 0. The lowest BCUT2D eigenvalue weighted by atomic mass is 9.83. The van der Waals surface area contributed by atoms with E-state index in [4.69, 9.17) is 4.98 Å². The lowest BCUT2D eigenvalue weighted by molar-refractivity contribution is 0.908. The van der Waals surface area contributed by atoms with Crippen molar-refractivity contribution >= 4 is 34.0 Å². The summed E-state index contributed by atoms with van der Waals surface area (Å²) in [6, 6.07) is 46.0.